The van der Waals surface area contributed by atoms with Crippen molar-refractivity contribution in [2.75, 3.05) is 34.3 Å². The van der Waals surface area contributed by atoms with Gasteiger partial charge < -0.3 is 23.9 Å². The fourth-order valence-corrected chi connectivity index (χ4v) is 0.742. The minimum atomic E-state index is -4.51. The monoisotopic (exact) mass is 269 g/mol. The van der Waals surface area contributed by atoms with Gasteiger partial charge in [0.25, 0.3) is 7.82 Å². The quantitative estimate of drug-likeness (QED) is 0.407. The van der Waals surface area contributed by atoms with E-state index < -0.39 is 13.8 Å². The number of likely N-dealkylation sites (N-methyl/N-ethyl adjacent to an activating group) is 1. The fraction of sp³-hybridized carbons (Fsp3) is 0.667. The number of phosphoric acid groups is 1. The lowest BCUT2D eigenvalue weighted by Gasteiger charge is -2.25. The number of quaternary nitrogens is 1. The first-order valence-corrected chi connectivity index (χ1v) is 6.22. The van der Waals surface area contributed by atoms with Gasteiger partial charge in [-0.05, 0) is 6.92 Å². The summed E-state index contributed by atoms with van der Waals surface area (Å²) < 4.78 is 14.8. The van der Waals surface area contributed by atoms with Crippen molar-refractivity contribution in [3.8, 4) is 0 Å². The summed E-state index contributed by atoms with van der Waals surface area (Å²) >= 11 is 0. The Morgan fingerprint density at radius 2 is 1.82 bits per heavy atom. The highest BCUT2D eigenvalue weighted by Crippen LogP contribution is 2.29. The van der Waals surface area contributed by atoms with E-state index in [4.69, 9.17) is 10.00 Å². The maximum atomic E-state index is 10.1. The summed E-state index contributed by atoms with van der Waals surface area (Å²) in [5.74, 6) is -0.935. The summed E-state index contributed by atoms with van der Waals surface area (Å²) in [6, 6.07) is 0. The van der Waals surface area contributed by atoms with Gasteiger partial charge in [0.05, 0.1) is 21.1 Å². The molecule has 0 aliphatic rings. The minimum absolute atomic E-state index is 0.0147. The van der Waals surface area contributed by atoms with Gasteiger partial charge in [0.1, 0.15) is 13.2 Å². The second-order valence-corrected chi connectivity index (χ2v) is 5.60. The molecule has 0 bridgehead atoms. The Labute approximate surface area is 101 Å². The van der Waals surface area contributed by atoms with Crippen LogP contribution < -0.4 is 4.89 Å². The first kappa shape index (κ1) is 18.6. The van der Waals surface area contributed by atoms with E-state index in [0.717, 1.165) is 0 Å². The van der Waals surface area contributed by atoms with Gasteiger partial charge in [0, 0.05) is 5.57 Å². The SMILES string of the molecule is C=C(C)C(=O)O.C[N+](C)(C)CCOP(=O)([O-])O. The van der Waals surface area contributed by atoms with Crippen molar-refractivity contribution in [1.29, 1.82) is 0 Å². The van der Waals surface area contributed by atoms with E-state index in [1.54, 1.807) is 0 Å². The van der Waals surface area contributed by atoms with Crippen molar-refractivity contribution in [2.45, 2.75) is 6.92 Å². The zero-order valence-corrected chi connectivity index (χ0v) is 11.4. The summed E-state index contributed by atoms with van der Waals surface area (Å²) in [7, 11) is 1.19. The maximum Gasteiger partial charge on any atom is 0.330 e. The topological polar surface area (TPSA) is 107 Å². The molecule has 7 nitrogen and oxygen atoms in total. The molecule has 102 valence electrons. The summed E-state index contributed by atoms with van der Waals surface area (Å²) in [5.41, 5.74) is 0.176. The van der Waals surface area contributed by atoms with Crippen LogP contribution in [0, 0.1) is 0 Å². The molecule has 0 heterocycles. The van der Waals surface area contributed by atoms with E-state index in [2.05, 4.69) is 11.1 Å². The molecule has 0 aliphatic heterocycles. The number of carbonyl (C=O) groups is 1. The first-order chi connectivity index (χ1) is 7.35. The Morgan fingerprint density at radius 1 is 1.47 bits per heavy atom. The van der Waals surface area contributed by atoms with Gasteiger partial charge >= 0.3 is 5.97 Å². The van der Waals surface area contributed by atoms with Crippen LogP contribution >= 0.6 is 7.82 Å². The molecule has 0 radical (unpaired) electrons. The van der Waals surface area contributed by atoms with Crippen molar-refractivity contribution in [2.24, 2.45) is 0 Å². The number of aliphatic carboxylic acids is 1. The molecule has 1 unspecified atom stereocenters. The summed E-state index contributed by atoms with van der Waals surface area (Å²) in [6.07, 6.45) is 0. The van der Waals surface area contributed by atoms with Crippen molar-refractivity contribution >= 4 is 13.8 Å². The Kier molecular flexibility index (Phi) is 8.31. The largest absolute Gasteiger partial charge is 0.756 e. The second kappa shape index (κ2) is 7.58. The summed E-state index contributed by atoms with van der Waals surface area (Å²) in [5, 5.41) is 7.89. The molecule has 0 aliphatic carbocycles. The molecular weight excluding hydrogens is 249 g/mol. The number of carboxylic acids is 1. The number of phosphoric ester groups is 1. The maximum absolute atomic E-state index is 10.1. The van der Waals surface area contributed by atoms with Crippen molar-refractivity contribution < 1.29 is 33.3 Å². The van der Waals surface area contributed by atoms with E-state index in [0.29, 0.717) is 11.0 Å². The Balaban J connectivity index is 0. The Hall–Kier alpha value is -0.720. The highest BCUT2D eigenvalue weighted by atomic mass is 31.2. The van der Waals surface area contributed by atoms with Crippen LogP contribution in [0.3, 0.4) is 0 Å². The van der Waals surface area contributed by atoms with Crippen LogP contribution in [0.4, 0.5) is 0 Å². The minimum Gasteiger partial charge on any atom is -0.756 e. The van der Waals surface area contributed by atoms with E-state index >= 15 is 0 Å². The number of hydrogen-bond donors (Lipinski definition) is 2. The number of rotatable bonds is 5. The molecule has 0 fully saturated rings. The van der Waals surface area contributed by atoms with Crippen molar-refractivity contribution in [3.63, 3.8) is 0 Å². The molecular formula is C9H20NO6P. The average Bonchev–Trinajstić information content (AvgIpc) is 1.99. The third-order valence-electron chi connectivity index (χ3n) is 1.38. The molecule has 0 aromatic carbocycles. The van der Waals surface area contributed by atoms with Crippen LogP contribution in [0.15, 0.2) is 12.2 Å². The molecule has 17 heavy (non-hydrogen) atoms. The zero-order valence-electron chi connectivity index (χ0n) is 10.5. The predicted molar refractivity (Wildman–Crippen MR) is 61.1 cm³/mol. The number of carboxylic acid groups (broad SMARTS) is 1. The Bertz CT molecular complexity index is 291. The van der Waals surface area contributed by atoms with E-state index in [1.165, 1.54) is 6.92 Å². The highest BCUT2D eigenvalue weighted by molar-refractivity contribution is 7.44. The molecule has 1 atom stereocenters. The van der Waals surface area contributed by atoms with Crippen molar-refractivity contribution in [1.82, 2.24) is 0 Å². The lowest BCUT2D eigenvalue weighted by Crippen LogP contribution is -2.37. The molecule has 0 saturated carbocycles. The van der Waals surface area contributed by atoms with Gasteiger partial charge in [0.15, 0.2) is 0 Å². The summed E-state index contributed by atoms with van der Waals surface area (Å²) in [6.45, 7) is 5.15. The Morgan fingerprint density at radius 3 is 2.00 bits per heavy atom. The van der Waals surface area contributed by atoms with E-state index in [9.17, 15) is 14.3 Å². The highest BCUT2D eigenvalue weighted by Gasteiger charge is 2.08. The van der Waals surface area contributed by atoms with Gasteiger partial charge in [-0.2, -0.15) is 0 Å². The number of hydrogen-bond acceptors (Lipinski definition) is 4. The summed E-state index contributed by atoms with van der Waals surface area (Å²) in [4.78, 5) is 27.9. The van der Waals surface area contributed by atoms with E-state index in [1.807, 2.05) is 21.1 Å². The predicted octanol–water partition coefficient (Wildman–Crippen LogP) is -0.183. The number of nitrogens with zero attached hydrogens (tertiary/aromatic N) is 1. The first-order valence-electron chi connectivity index (χ1n) is 4.73. The van der Waals surface area contributed by atoms with Crippen LogP contribution in [0.5, 0.6) is 0 Å². The van der Waals surface area contributed by atoms with Crippen LogP contribution in [-0.2, 0) is 13.9 Å². The van der Waals surface area contributed by atoms with Gasteiger partial charge in [-0.3, -0.25) is 4.57 Å². The van der Waals surface area contributed by atoms with Gasteiger partial charge in [-0.25, -0.2) is 4.79 Å². The lowest BCUT2D eigenvalue weighted by molar-refractivity contribution is -0.870. The van der Waals surface area contributed by atoms with Crippen LogP contribution in [-0.4, -0.2) is 54.7 Å². The third-order valence-corrected chi connectivity index (χ3v) is 1.89. The van der Waals surface area contributed by atoms with Crippen LogP contribution in [0.25, 0.3) is 0 Å². The third kappa shape index (κ3) is 21.2. The van der Waals surface area contributed by atoms with Gasteiger partial charge in [-0.1, -0.05) is 6.58 Å². The van der Waals surface area contributed by atoms with Crippen molar-refractivity contribution in [3.05, 3.63) is 12.2 Å². The molecule has 0 rings (SSSR count). The molecule has 0 amide bonds. The average molecular weight is 269 g/mol. The van der Waals surface area contributed by atoms with Crippen LogP contribution in [0.2, 0.25) is 0 Å². The molecule has 0 aromatic heterocycles. The standard InChI is InChI=1S/C5H14NO4P.C4H6O2/c1-6(2,3)4-5-10-11(7,8)9;1-3(2)4(5)6/h4-5H2,1-3H3,(H-,7,8,9);1H2,2H3,(H,5,6). The molecule has 0 saturated heterocycles. The van der Waals surface area contributed by atoms with Crippen LogP contribution in [0.1, 0.15) is 6.92 Å². The molecule has 0 spiro atoms. The normalized spacial score (nSPS) is 14.2. The molecule has 0 aromatic rings. The lowest BCUT2D eigenvalue weighted by atomic mass is 10.4. The van der Waals surface area contributed by atoms with E-state index in [-0.39, 0.29) is 12.2 Å². The second-order valence-electron chi connectivity index (χ2n) is 4.40. The zero-order chi connectivity index (χ0) is 14.3. The van der Waals surface area contributed by atoms with Gasteiger partial charge in [-0.15, -0.1) is 0 Å². The smallest absolute Gasteiger partial charge is 0.330 e. The fourth-order valence-electron chi connectivity index (χ4n) is 0.430. The molecule has 8 heteroatoms. The molecule has 2 N–H and O–H groups in total. The van der Waals surface area contributed by atoms with Gasteiger partial charge in [0.2, 0.25) is 0 Å².